The van der Waals surface area contributed by atoms with Crippen molar-refractivity contribution in [3.63, 3.8) is 0 Å². The largest absolute Gasteiger partial charge is 0.377 e. The fourth-order valence-corrected chi connectivity index (χ4v) is 3.69. The molecular formula is C13H20BrNOS. The van der Waals surface area contributed by atoms with E-state index < -0.39 is 0 Å². The first-order valence-corrected chi connectivity index (χ1v) is 8.02. The van der Waals surface area contributed by atoms with E-state index in [1.807, 2.05) is 0 Å². The van der Waals surface area contributed by atoms with E-state index in [4.69, 9.17) is 4.74 Å². The van der Waals surface area contributed by atoms with Crippen LogP contribution in [0.1, 0.15) is 43.5 Å². The molecule has 1 unspecified atom stereocenters. The lowest BCUT2D eigenvalue weighted by molar-refractivity contribution is 0.0594. The van der Waals surface area contributed by atoms with Gasteiger partial charge in [-0.25, -0.2) is 0 Å². The third-order valence-electron chi connectivity index (χ3n) is 3.22. The van der Waals surface area contributed by atoms with Crippen LogP contribution in [0.2, 0.25) is 0 Å². The molecule has 1 N–H and O–H groups in total. The Morgan fingerprint density at radius 3 is 2.94 bits per heavy atom. The van der Waals surface area contributed by atoms with Gasteiger partial charge in [-0.2, -0.15) is 0 Å². The molecule has 2 nitrogen and oxygen atoms in total. The Labute approximate surface area is 116 Å². The van der Waals surface area contributed by atoms with Crippen molar-refractivity contribution in [1.29, 1.82) is 0 Å². The summed E-state index contributed by atoms with van der Waals surface area (Å²) in [5, 5.41) is 5.63. The highest BCUT2D eigenvalue weighted by atomic mass is 79.9. The van der Waals surface area contributed by atoms with Crippen LogP contribution < -0.4 is 5.32 Å². The zero-order valence-electron chi connectivity index (χ0n) is 10.2. The molecule has 0 spiro atoms. The molecule has 0 aromatic carbocycles. The second-order valence-electron chi connectivity index (χ2n) is 4.62. The fourth-order valence-electron chi connectivity index (χ4n) is 2.21. The average Bonchev–Trinajstić information content (AvgIpc) is 2.95. The van der Waals surface area contributed by atoms with Crippen LogP contribution in [0, 0.1) is 0 Å². The first-order chi connectivity index (χ1) is 8.25. The number of halogens is 1. The van der Waals surface area contributed by atoms with Gasteiger partial charge in [0, 0.05) is 27.3 Å². The van der Waals surface area contributed by atoms with Crippen molar-refractivity contribution in [2.45, 2.75) is 44.8 Å². The highest BCUT2D eigenvalue weighted by molar-refractivity contribution is 9.10. The summed E-state index contributed by atoms with van der Waals surface area (Å²) in [6, 6.07) is 2.60. The van der Waals surface area contributed by atoms with E-state index in [0.717, 1.165) is 13.2 Å². The summed E-state index contributed by atoms with van der Waals surface area (Å²) in [6.07, 6.45) is 5.74. The van der Waals surface area contributed by atoms with Crippen LogP contribution in [0.4, 0.5) is 0 Å². The van der Waals surface area contributed by atoms with Crippen LogP contribution in [0.5, 0.6) is 0 Å². The van der Waals surface area contributed by atoms with Crippen molar-refractivity contribution in [3.8, 4) is 0 Å². The molecule has 1 heterocycles. The molecule has 96 valence electrons. The Morgan fingerprint density at radius 2 is 2.29 bits per heavy atom. The predicted molar refractivity (Wildman–Crippen MR) is 76.6 cm³/mol. The van der Waals surface area contributed by atoms with Gasteiger partial charge in [0.2, 0.25) is 0 Å². The summed E-state index contributed by atoms with van der Waals surface area (Å²) >= 11 is 5.28. The molecule has 1 aromatic heterocycles. The van der Waals surface area contributed by atoms with Crippen molar-refractivity contribution in [2.75, 3.05) is 13.2 Å². The highest BCUT2D eigenvalue weighted by Gasteiger charge is 2.15. The Kier molecular flexibility index (Phi) is 5.48. The second-order valence-corrected chi connectivity index (χ2v) is 6.48. The SMILES string of the molecule is CC(NCCOC1CCCC1)c1cc(Br)cs1. The molecule has 1 aromatic rings. The minimum Gasteiger partial charge on any atom is -0.377 e. The number of nitrogens with one attached hydrogen (secondary N) is 1. The summed E-state index contributed by atoms with van der Waals surface area (Å²) in [4.78, 5) is 1.37. The summed E-state index contributed by atoms with van der Waals surface area (Å²) in [6.45, 7) is 3.97. The molecule has 4 heteroatoms. The predicted octanol–water partition coefficient (Wildman–Crippen LogP) is 4.12. The summed E-state index contributed by atoms with van der Waals surface area (Å²) in [7, 11) is 0. The molecule has 1 aliphatic rings. The third kappa shape index (κ3) is 4.36. The van der Waals surface area contributed by atoms with Crippen molar-refractivity contribution < 1.29 is 4.74 Å². The molecule has 0 aliphatic heterocycles. The van der Waals surface area contributed by atoms with Crippen LogP contribution >= 0.6 is 27.3 Å². The van der Waals surface area contributed by atoms with Gasteiger partial charge in [0.05, 0.1) is 12.7 Å². The van der Waals surface area contributed by atoms with Gasteiger partial charge >= 0.3 is 0 Å². The van der Waals surface area contributed by atoms with E-state index in [-0.39, 0.29) is 0 Å². The number of hydrogen-bond acceptors (Lipinski definition) is 3. The highest BCUT2D eigenvalue weighted by Crippen LogP contribution is 2.25. The first-order valence-electron chi connectivity index (χ1n) is 6.34. The van der Waals surface area contributed by atoms with E-state index in [1.165, 1.54) is 35.0 Å². The van der Waals surface area contributed by atoms with Gasteiger partial charge < -0.3 is 10.1 Å². The van der Waals surface area contributed by atoms with Crippen molar-refractivity contribution in [2.24, 2.45) is 0 Å². The molecule has 0 amide bonds. The number of ether oxygens (including phenoxy) is 1. The van der Waals surface area contributed by atoms with Gasteiger partial charge in [0.25, 0.3) is 0 Å². The van der Waals surface area contributed by atoms with E-state index in [2.05, 4.69) is 39.6 Å². The number of rotatable bonds is 6. The van der Waals surface area contributed by atoms with Crippen LogP contribution in [-0.4, -0.2) is 19.3 Å². The van der Waals surface area contributed by atoms with E-state index >= 15 is 0 Å². The molecular weight excluding hydrogens is 298 g/mol. The van der Waals surface area contributed by atoms with Gasteiger partial charge in [-0.05, 0) is 41.8 Å². The maximum Gasteiger partial charge on any atom is 0.0594 e. The normalized spacial score (nSPS) is 18.7. The Bertz CT molecular complexity index is 336. The lowest BCUT2D eigenvalue weighted by Gasteiger charge is -2.14. The Morgan fingerprint density at radius 1 is 1.53 bits per heavy atom. The lowest BCUT2D eigenvalue weighted by Crippen LogP contribution is -2.24. The molecule has 0 radical (unpaired) electrons. The summed E-state index contributed by atoms with van der Waals surface area (Å²) in [5.41, 5.74) is 0. The Balaban J connectivity index is 1.61. The smallest absolute Gasteiger partial charge is 0.0594 e. The van der Waals surface area contributed by atoms with Gasteiger partial charge in [0.1, 0.15) is 0 Å². The standard InChI is InChI=1S/C13H20BrNOS/c1-10(13-8-11(14)9-17-13)15-6-7-16-12-4-2-3-5-12/h8-10,12,15H,2-7H2,1H3. The van der Waals surface area contributed by atoms with Crippen molar-refractivity contribution >= 4 is 27.3 Å². The van der Waals surface area contributed by atoms with E-state index in [9.17, 15) is 0 Å². The van der Waals surface area contributed by atoms with Gasteiger partial charge in [-0.3, -0.25) is 0 Å². The minimum absolute atomic E-state index is 0.415. The van der Waals surface area contributed by atoms with Crippen molar-refractivity contribution in [1.82, 2.24) is 5.32 Å². The first kappa shape index (κ1) is 13.5. The summed E-state index contributed by atoms with van der Waals surface area (Å²) < 4.78 is 7.00. The van der Waals surface area contributed by atoms with Gasteiger partial charge in [-0.1, -0.05) is 12.8 Å². The molecule has 1 aliphatic carbocycles. The van der Waals surface area contributed by atoms with E-state index in [0.29, 0.717) is 12.1 Å². The quantitative estimate of drug-likeness (QED) is 0.797. The van der Waals surface area contributed by atoms with Crippen LogP contribution in [-0.2, 0) is 4.74 Å². The minimum atomic E-state index is 0.415. The topological polar surface area (TPSA) is 21.3 Å². The molecule has 0 saturated heterocycles. The average molecular weight is 318 g/mol. The Hall–Kier alpha value is 0.1000. The molecule has 1 saturated carbocycles. The summed E-state index contributed by atoms with van der Waals surface area (Å²) in [5.74, 6) is 0. The maximum atomic E-state index is 5.83. The maximum absolute atomic E-state index is 5.83. The monoisotopic (exact) mass is 317 g/mol. The molecule has 17 heavy (non-hydrogen) atoms. The van der Waals surface area contributed by atoms with E-state index in [1.54, 1.807) is 11.3 Å². The van der Waals surface area contributed by atoms with Gasteiger partial charge in [0.15, 0.2) is 0 Å². The van der Waals surface area contributed by atoms with Crippen molar-refractivity contribution in [3.05, 3.63) is 20.8 Å². The zero-order chi connectivity index (χ0) is 12.1. The lowest BCUT2D eigenvalue weighted by atomic mass is 10.3. The third-order valence-corrected chi connectivity index (χ3v) is 5.10. The molecule has 0 bridgehead atoms. The van der Waals surface area contributed by atoms with Crippen LogP contribution in [0.15, 0.2) is 15.9 Å². The fraction of sp³-hybridized carbons (Fsp3) is 0.692. The second kappa shape index (κ2) is 6.88. The molecule has 1 atom stereocenters. The molecule has 2 rings (SSSR count). The number of thiophene rings is 1. The molecule has 1 fully saturated rings. The zero-order valence-corrected chi connectivity index (χ0v) is 12.6. The van der Waals surface area contributed by atoms with Crippen LogP contribution in [0.25, 0.3) is 0 Å². The van der Waals surface area contributed by atoms with Crippen LogP contribution in [0.3, 0.4) is 0 Å². The van der Waals surface area contributed by atoms with Gasteiger partial charge in [-0.15, -0.1) is 11.3 Å². The number of hydrogen-bond donors (Lipinski definition) is 1.